The van der Waals surface area contributed by atoms with E-state index in [1.807, 2.05) is 49.4 Å². The second-order valence-corrected chi connectivity index (χ2v) is 4.21. The Kier molecular flexibility index (Phi) is 3.06. The summed E-state index contributed by atoms with van der Waals surface area (Å²) >= 11 is 0. The van der Waals surface area contributed by atoms with Gasteiger partial charge in [-0.25, -0.2) is 0 Å². The standard InChI is InChI=1S/C15H14N4/c1-2-16-14-9-8-13(18-19-14)12-7-3-5-11-6-4-10-17-15(11)12/h3-10H,2H2,1H3,(H,16,19). The number of anilines is 1. The van der Waals surface area contributed by atoms with E-state index in [0.717, 1.165) is 34.5 Å². The fourth-order valence-corrected chi connectivity index (χ4v) is 2.06. The van der Waals surface area contributed by atoms with Crippen molar-refractivity contribution in [3.63, 3.8) is 0 Å². The molecule has 2 heterocycles. The first-order valence-electron chi connectivity index (χ1n) is 6.30. The van der Waals surface area contributed by atoms with E-state index < -0.39 is 0 Å². The summed E-state index contributed by atoms with van der Waals surface area (Å²) in [6, 6.07) is 14.0. The van der Waals surface area contributed by atoms with Gasteiger partial charge in [0.15, 0.2) is 0 Å². The van der Waals surface area contributed by atoms with E-state index in [1.165, 1.54) is 0 Å². The maximum atomic E-state index is 4.43. The monoisotopic (exact) mass is 250 g/mol. The van der Waals surface area contributed by atoms with Gasteiger partial charge in [-0.1, -0.05) is 24.3 Å². The highest BCUT2D eigenvalue weighted by Gasteiger charge is 2.06. The van der Waals surface area contributed by atoms with E-state index in [-0.39, 0.29) is 0 Å². The summed E-state index contributed by atoms with van der Waals surface area (Å²) in [6.07, 6.45) is 1.80. The molecule has 0 fully saturated rings. The summed E-state index contributed by atoms with van der Waals surface area (Å²) in [5.41, 5.74) is 2.80. The molecule has 19 heavy (non-hydrogen) atoms. The summed E-state index contributed by atoms with van der Waals surface area (Å²) < 4.78 is 0. The predicted molar refractivity (Wildman–Crippen MR) is 76.9 cm³/mol. The van der Waals surface area contributed by atoms with Crippen molar-refractivity contribution >= 4 is 16.7 Å². The number of benzene rings is 1. The minimum absolute atomic E-state index is 0.791. The Labute approximate surface area is 111 Å². The summed E-state index contributed by atoms with van der Waals surface area (Å²) in [5, 5.41) is 12.7. The lowest BCUT2D eigenvalue weighted by atomic mass is 10.1. The number of aromatic nitrogens is 3. The lowest BCUT2D eigenvalue weighted by Gasteiger charge is -2.05. The Morgan fingerprint density at radius 2 is 1.89 bits per heavy atom. The maximum absolute atomic E-state index is 4.43. The fourth-order valence-electron chi connectivity index (χ4n) is 2.06. The van der Waals surface area contributed by atoms with Crippen LogP contribution >= 0.6 is 0 Å². The van der Waals surface area contributed by atoms with Crippen molar-refractivity contribution in [2.45, 2.75) is 6.92 Å². The van der Waals surface area contributed by atoms with Crippen LogP contribution in [0.15, 0.2) is 48.7 Å². The average Bonchev–Trinajstić information content (AvgIpc) is 2.48. The number of rotatable bonds is 3. The summed E-state index contributed by atoms with van der Waals surface area (Å²) in [5.74, 6) is 0.791. The van der Waals surface area contributed by atoms with Crippen LogP contribution in [-0.2, 0) is 0 Å². The molecule has 0 atom stereocenters. The molecule has 0 radical (unpaired) electrons. The zero-order chi connectivity index (χ0) is 13.1. The van der Waals surface area contributed by atoms with Gasteiger partial charge >= 0.3 is 0 Å². The molecule has 1 aromatic carbocycles. The SMILES string of the molecule is CCNc1ccc(-c2cccc3cccnc23)nn1. The van der Waals surface area contributed by atoms with Crippen LogP contribution in [0.25, 0.3) is 22.2 Å². The number of nitrogens with one attached hydrogen (secondary N) is 1. The Balaban J connectivity index is 2.08. The van der Waals surface area contributed by atoms with Gasteiger partial charge in [-0.05, 0) is 25.1 Å². The Bertz CT molecular complexity index is 687. The normalized spacial score (nSPS) is 10.6. The van der Waals surface area contributed by atoms with E-state index in [2.05, 4.69) is 20.5 Å². The van der Waals surface area contributed by atoms with Gasteiger partial charge in [-0.15, -0.1) is 10.2 Å². The molecule has 4 nitrogen and oxygen atoms in total. The first kappa shape index (κ1) is 11.6. The van der Waals surface area contributed by atoms with Crippen LogP contribution in [-0.4, -0.2) is 21.7 Å². The van der Waals surface area contributed by atoms with Gasteiger partial charge in [0.25, 0.3) is 0 Å². The van der Waals surface area contributed by atoms with Gasteiger partial charge < -0.3 is 5.32 Å². The molecule has 94 valence electrons. The number of hydrogen-bond acceptors (Lipinski definition) is 4. The van der Waals surface area contributed by atoms with Crippen molar-refractivity contribution < 1.29 is 0 Å². The lowest BCUT2D eigenvalue weighted by molar-refractivity contribution is 1.02. The second-order valence-electron chi connectivity index (χ2n) is 4.21. The quantitative estimate of drug-likeness (QED) is 0.776. The molecule has 0 amide bonds. The molecule has 1 N–H and O–H groups in total. The van der Waals surface area contributed by atoms with Crippen molar-refractivity contribution in [2.75, 3.05) is 11.9 Å². The van der Waals surface area contributed by atoms with E-state index in [4.69, 9.17) is 0 Å². The highest BCUT2D eigenvalue weighted by atomic mass is 15.2. The number of pyridine rings is 1. The van der Waals surface area contributed by atoms with Gasteiger partial charge in [0.1, 0.15) is 5.82 Å². The minimum Gasteiger partial charge on any atom is -0.369 e. The molecular formula is C15H14N4. The molecule has 4 heteroatoms. The van der Waals surface area contributed by atoms with Crippen molar-refractivity contribution in [3.8, 4) is 11.3 Å². The zero-order valence-electron chi connectivity index (χ0n) is 10.7. The van der Waals surface area contributed by atoms with E-state index >= 15 is 0 Å². The van der Waals surface area contributed by atoms with Crippen LogP contribution in [0, 0.1) is 0 Å². The Morgan fingerprint density at radius 1 is 1.00 bits per heavy atom. The first-order valence-corrected chi connectivity index (χ1v) is 6.30. The summed E-state index contributed by atoms with van der Waals surface area (Å²) in [6.45, 7) is 2.87. The van der Waals surface area contributed by atoms with Crippen LogP contribution in [0.5, 0.6) is 0 Å². The Hall–Kier alpha value is -2.49. The first-order chi connectivity index (χ1) is 9.38. The van der Waals surface area contributed by atoms with Crippen molar-refractivity contribution in [3.05, 3.63) is 48.7 Å². The molecule has 3 aromatic rings. The van der Waals surface area contributed by atoms with Crippen molar-refractivity contribution in [1.29, 1.82) is 0 Å². The molecule has 0 unspecified atom stereocenters. The average molecular weight is 250 g/mol. The van der Waals surface area contributed by atoms with Gasteiger partial charge in [0.05, 0.1) is 11.2 Å². The van der Waals surface area contributed by atoms with Crippen LogP contribution in [0.4, 0.5) is 5.82 Å². The van der Waals surface area contributed by atoms with Crippen LogP contribution in [0.3, 0.4) is 0 Å². The molecule has 0 aliphatic rings. The van der Waals surface area contributed by atoms with Crippen LogP contribution in [0.2, 0.25) is 0 Å². The molecule has 0 aliphatic carbocycles. The van der Waals surface area contributed by atoms with Gasteiger partial charge in [0, 0.05) is 23.7 Å². The number of nitrogens with zero attached hydrogens (tertiary/aromatic N) is 3. The molecular weight excluding hydrogens is 236 g/mol. The van der Waals surface area contributed by atoms with Gasteiger partial charge in [0.2, 0.25) is 0 Å². The van der Waals surface area contributed by atoms with Crippen molar-refractivity contribution in [1.82, 2.24) is 15.2 Å². The Morgan fingerprint density at radius 3 is 2.68 bits per heavy atom. The molecule has 0 aliphatic heterocycles. The molecule has 0 bridgehead atoms. The largest absolute Gasteiger partial charge is 0.369 e. The third-order valence-electron chi connectivity index (χ3n) is 2.93. The third kappa shape index (κ3) is 2.25. The molecule has 0 spiro atoms. The molecule has 0 saturated carbocycles. The third-order valence-corrected chi connectivity index (χ3v) is 2.93. The number of para-hydroxylation sites is 1. The summed E-state index contributed by atoms with van der Waals surface area (Å²) in [7, 11) is 0. The fraction of sp³-hybridized carbons (Fsp3) is 0.133. The number of fused-ring (bicyclic) bond motifs is 1. The molecule has 0 saturated heterocycles. The summed E-state index contributed by atoms with van der Waals surface area (Å²) in [4.78, 5) is 4.43. The smallest absolute Gasteiger partial charge is 0.148 e. The maximum Gasteiger partial charge on any atom is 0.148 e. The highest BCUT2D eigenvalue weighted by molar-refractivity contribution is 5.92. The second kappa shape index (κ2) is 5.02. The molecule has 3 rings (SSSR count). The lowest BCUT2D eigenvalue weighted by Crippen LogP contribution is -2.00. The van der Waals surface area contributed by atoms with Crippen molar-refractivity contribution in [2.24, 2.45) is 0 Å². The topological polar surface area (TPSA) is 50.7 Å². The highest BCUT2D eigenvalue weighted by Crippen LogP contribution is 2.25. The zero-order valence-corrected chi connectivity index (χ0v) is 10.7. The van der Waals surface area contributed by atoms with E-state index in [1.54, 1.807) is 6.20 Å². The van der Waals surface area contributed by atoms with E-state index in [9.17, 15) is 0 Å². The van der Waals surface area contributed by atoms with Gasteiger partial charge in [-0.3, -0.25) is 4.98 Å². The van der Waals surface area contributed by atoms with Gasteiger partial charge in [-0.2, -0.15) is 0 Å². The van der Waals surface area contributed by atoms with E-state index in [0.29, 0.717) is 0 Å². The predicted octanol–water partition coefficient (Wildman–Crippen LogP) is 3.12. The minimum atomic E-state index is 0.791. The number of hydrogen-bond donors (Lipinski definition) is 1. The van der Waals surface area contributed by atoms with Crippen LogP contribution < -0.4 is 5.32 Å². The van der Waals surface area contributed by atoms with Crippen LogP contribution in [0.1, 0.15) is 6.92 Å². The molecule has 2 aromatic heterocycles.